The van der Waals surface area contributed by atoms with E-state index in [2.05, 4.69) is 25.4 Å². The first-order chi connectivity index (χ1) is 10.6. The molecule has 1 N–H and O–H groups in total. The molecule has 124 valence electrons. The van der Waals surface area contributed by atoms with Crippen molar-refractivity contribution < 1.29 is 26.3 Å². The molecule has 4 nitrogen and oxygen atoms in total. The Hall–Kier alpha value is -1.74. The molecule has 23 heavy (non-hydrogen) atoms. The molecule has 0 aliphatic heterocycles. The fraction of sp³-hybridized carbons (Fsp3) is 0.143. The summed E-state index contributed by atoms with van der Waals surface area (Å²) in [7, 11) is -3.93. The van der Waals surface area contributed by atoms with Crippen LogP contribution in [0, 0.1) is 6.92 Å². The highest BCUT2D eigenvalue weighted by atomic mass is 79.9. The Labute approximate surface area is 139 Å². The number of ether oxygens (including phenoxy) is 1. The maximum Gasteiger partial charge on any atom is 0.573 e. The van der Waals surface area contributed by atoms with E-state index in [0.29, 0.717) is 0 Å². The van der Waals surface area contributed by atoms with Crippen LogP contribution in [0.4, 0.5) is 18.9 Å². The van der Waals surface area contributed by atoms with Crippen LogP contribution in [0.25, 0.3) is 0 Å². The van der Waals surface area contributed by atoms with E-state index in [4.69, 9.17) is 0 Å². The number of aryl methyl sites for hydroxylation is 1. The van der Waals surface area contributed by atoms with Crippen molar-refractivity contribution >= 4 is 31.6 Å². The molecule has 0 atom stereocenters. The van der Waals surface area contributed by atoms with Gasteiger partial charge in [0.2, 0.25) is 0 Å². The lowest BCUT2D eigenvalue weighted by atomic mass is 10.2. The Kier molecular flexibility index (Phi) is 4.90. The zero-order chi connectivity index (χ0) is 17.3. The maximum absolute atomic E-state index is 12.3. The number of anilines is 1. The van der Waals surface area contributed by atoms with Gasteiger partial charge >= 0.3 is 6.36 Å². The van der Waals surface area contributed by atoms with E-state index in [9.17, 15) is 21.6 Å². The van der Waals surface area contributed by atoms with Crippen LogP contribution in [0.15, 0.2) is 51.8 Å². The van der Waals surface area contributed by atoms with Gasteiger partial charge < -0.3 is 4.74 Å². The summed E-state index contributed by atoms with van der Waals surface area (Å²) >= 11 is 2.92. The Balaban J connectivity index is 2.33. The Morgan fingerprint density at radius 2 is 1.70 bits per heavy atom. The first kappa shape index (κ1) is 17.6. The van der Waals surface area contributed by atoms with E-state index in [0.717, 1.165) is 11.6 Å². The van der Waals surface area contributed by atoms with Gasteiger partial charge in [0.05, 0.1) is 15.1 Å². The van der Waals surface area contributed by atoms with E-state index in [1.54, 1.807) is 19.1 Å². The molecule has 0 aromatic heterocycles. The summed E-state index contributed by atoms with van der Waals surface area (Å²) in [6, 6.07) is 9.68. The van der Waals surface area contributed by atoms with Gasteiger partial charge in [-0.25, -0.2) is 8.42 Å². The van der Waals surface area contributed by atoms with Crippen molar-refractivity contribution in [1.29, 1.82) is 0 Å². The zero-order valence-electron chi connectivity index (χ0n) is 11.7. The maximum atomic E-state index is 12.3. The van der Waals surface area contributed by atoms with Crippen molar-refractivity contribution in [2.75, 3.05) is 4.72 Å². The van der Waals surface area contributed by atoms with Crippen LogP contribution in [-0.4, -0.2) is 14.8 Å². The van der Waals surface area contributed by atoms with E-state index in [1.165, 1.54) is 24.3 Å². The number of nitrogens with one attached hydrogen (secondary N) is 1. The minimum absolute atomic E-state index is 0.00265. The van der Waals surface area contributed by atoms with Crippen molar-refractivity contribution in [1.82, 2.24) is 0 Å². The molecule has 2 aromatic rings. The second-order valence-electron chi connectivity index (χ2n) is 4.58. The molecular formula is C14H11BrF3NO3S. The monoisotopic (exact) mass is 409 g/mol. The number of sulfonamides is 1. The minimum Gasteiger partial charge on any atom is -0.405 e. The van der Waals surface area contributed by atoms with Crippen LogP contribution >= 0.6 is 15.9 Å². The van der Waals surface area contributed by atoms with Crippen LogP contribution in [-0.2, 0) is 10.0 Å². The van der Waals surface area contributed by atoms with Crippen molar-refractivity contribution in [3.63, 3.8) is 0 Å². The predicted molar refractivity (Wildman–Crippen MR) is 82.8 cm³/mol. The number of halogens is 4. The molecule has 0 unspecified atom stereocenters. The fourth-order valence-corrected chi connectivity index (χ4v) is 3.36. The fourth-order valence-electron chi connectivity index (χ4n) is 1.71. The molecule has 0 fully saturated rings. The summed E-state index contributed by atoms with van der Waals surface area (Å²) in [5.41, 5.74) is 0.818. The van der Waals surface area contributed by atoms with Crippen molar-refractivity contribution in [3.05, 3.63) is 52.5 Å². The number of hydrogen-bond donors (Lipinski definition) is 1. The average Bonchev–Trinajstić information content (AvgIpc) is 2.42. The molecule has 0 amide bonds. The zero-order valence-corrected chi connectivity index (χ0v) is 14.1. The Morgan fingerprint density at radius 3 is 2.26 bits per heavy atom. The molecular weight excluding hydrogens is 399 g/mol. The molecule has 0 saturated carbocycles. The highest BCUT2D eigenvalue weighted by Gasteiger charge is 2.32. The van der Waals surface area contributed by atoms with Gasteiger partial charge in [-0.2, -0.15) is 0 Å². The molecule has 0 saturated heterocycles. The van der Waals surface area contributed by atoms with E-state index >= 15 is 0 Å². The SMILES string of the molecule is Cc1ccc(S(=O)(=O)Nc2cccc(OC(F)(F)F)c2Br)cc1. The normalized spacial score (nSPS) is 12.0. The van der Waals surface area contributed by atoms with Crippen molar-refractivity contribution in [2.45, 2.75) is 18.2 Å². The summed E-state index contributed by atoms with van der Waals surface area (Å²) in [5.74, 6) is -0.540. The number of alkyl halides is 3. The van der Waals surface area contributed by atoms with Crippen molar-refractivity contribution in [3.8, 4) is 5.75 Å². The summed E-state index contributed by atoms with van der Waals surface area (Å²) in [6.45, 7) is 1.80. The largest absolute Gasteiger partial charge is 0.573 e. The first-order valence-corrected chi connectivity index (χ1v) is 8.50. The van der Waals surface area contributed by atoms with Crippen LogP contribution in [0.5, 0.6) is 5.75 Å². The van der Waals surface area contributed by atoms with Gasteiger partial charge in [0.15, 0.2) is 0 Å². The number of hydrogen-bond acceptors (Lipinski definition) is 3. The van der Waals surface area contributed by atoms with Gasteiger partial charge in [-0.3, -0.25) is 4.72 Å². The van der Waals surface area contributed by atoms with Gasteiger partial charge in [-0.15, -0.1) is 13.2 Å². The van der Waals surface area contributed by atoms with E-state index in [-0.39, 0.29) is 15.1 Å². The molecule has 0 bridgehead atoms. The highest BCUT2D eigenvalue weighted by molar-refractivity contribution is 9.10. The molecule has 9 heteroatoms. The highest BCUT2D eigenvalue weighted by Crippen LogP contribution is 2.36. The summed E-state index contributed by atoms with van der Waals surface area (Å²) in [5, 5.41) is 0. The summed E-state index contributed by atoms with van der Waals surface area (Å²) in [4.78, 5) is -0.00265. The molecule has 0 spiro atoms. The second kappa shape index (κ2) is 6.40. The molecule has 0 heterocycles. The third-order valence-corrected chi connectivity index (χ3v) is 4.96. The second-order valence-corrected chi connectivity index (χ2v) is 7.06. The van der Waals surface area contributed by atoms with Crippen LogP contribution in [0.1, 0.15) is 5.56 Å². The van der Waals surface area contributed by atoms with Crippen LogP contribution in [0.2, 0.25) is 0 Å². The lowest BCUT2D eigenvalue weighted by molar-refractivity contribution is -0.274. The van der Waals surface area contributed by atoms with Gasteiger partial charge in [0.25, 0.3) is 10.0 Å². The standard InChI is InChI=1S/C14H11BrF3NO3S/c1-9-5-7-10(8-6-9)23(20,21)19-11-3-2-4-12(13(11)15)22-14(16,17)18/h2-8,19H,1H3. The van der Waals surface area contributed by atoms with Crippen molar-refractivity contribution in [2.24, 2.45) is 0 Å². The molecule has 0 aliphatic carbocycles. The van der Waals surface area contributed by atoms with Gasteiger partial charge in [-0.05, 0) is 47.1 Å². The average molecular weight is 410 g/mol. The Morgan fingerprint density at radius 1 is 1.09 bits per heavy atom. The quantitative estimate of drug-likeness (QED) is 0.810. The third kappa shape index (κ3) is 4.61. The van der Waals surface area contributed by atoms with Crippen LogP contribution < -0.4 is 9.46 Å². The van der Waals surface area contributed by atoms with Crippen LogP contribution in [0.3, 0.4) is 0 Å². The van der Waals surface area contributed by atoms with Gasteiger partial charge in [-0.1, -0.05) is 23.8 Å². The third-order valence-electron chi connectivity index (χ3n) is 2.76. The smallest absolute Gasteiger partial charge is 0.405 e. The molecule has 0 aliphatic rings. The topological polar surface area (TPSA) is 55.4 Å². The number of rotatable bonds is 4. The van der Waals surface area contributed by atoms with Gasteiger partial charge in [0.1, 0.15) is 5.75 Å². The summed E-state index contributed by atoms with van der Waals surface area (Å²) < 4.78 is 67.4. The molecule has 2 aromatic carbocycles. The van der Waals surface area contributed by atoms with E-state index in [1.807, 2.05) is 0 Å². The summed E-state index contributed by atoms with van der Waals surface area (Å²) in [6.07, 6.45) is -4.88. The minimum atomic E-state index is -4.88. The first-order valence-electron chi connectivity index (χ1n) is 6.22. The molecule has 0 radical (unpaired) electrons. The lowest BCUT2D eigenvalue weighted by Gasteiger charge is -2.14. The Bertz CT molecular complexity index is 805. The van der Waals surface area contributed by atoms with E-state index < -0.39 is 22.1 Å². The molecule has 2 rings (SSSR count). The predicted octanol–water partition coefficient (Wildman–Crippen LogP) is 4.46. The number of benzene rings is 2. The lowest BCUT2D eigenvalue weighted by Crippen LogP contribution is -2.18. The van der Waals surface area contributed by atoms with Gasteiger partial charge in [0, 0.05) is 0 Å².